The maximum Gasteiger partial charge on any atom is 0.321 e. The Hall–Kier alpha value is -1.06. The molecule has 0 aromatic heterocycles. The van der Waals surface area contributed by atoms with Gasteiger partial charge in [0.2, 0.25) is 0 Å². The molecule has 2 N–H and O–H groups in total. The molecule has 0 aromatic carbocycles. The Morgan fingerprint density at radius 1 is 0.737 bits per heavy atom. The number of carboxylic acid groups (broad SMARTS) is 2. The molecule has 0 unspecified atom stereocenters. The second-order valence-corrected chi connectivity index (χ2v) is 5.31. The van der Waals surface area contributed by atoms with Crippen molar-refractivity contribution in [2.75, 3.05) is 0 Å². The Bertz CT molecular complexity index is 245. The lowest BCUT2D eigenvalue weighted by atomic mass is 9.78. The zero-order chi connectivity index (χ0) is 14.7. The fourth-order valence-electron chi connectivity index (χ4n) is 2.35. The highest BCUT2D eigenvalue weighted by Gasteiger charge is 2.45. The van der Waals surface area contributed by atoms with Crippen LogP contribution in [0.5, 0.6) is 0 Å². The van der Waals surface area contributed by atoms with Crippen LogP contribution in [0, 0.1) is 5.41 Å². The number of rotatable bonds is 12. The molecule has 0 aromatic rings. The number of unbranched alkanes of at least 4 members (excludes halogenated alkanes) is 6. The maximum absolute atomic E-state index is 11.4. The van der Waals surface area contributed by atoms with Crippen LogP contribution >= 0.6 is 0 Å². The van der Waals surface area contributed by atoms with E-state index in [1.807, 2.05) is 0 Å². The Balaban J connectivity index is 4.51. The monoisotopic (exact) mass is 272 g/mol. The van der Waals surface area contributed by atoms with E-state index in [4.69, 9.17) is 0 Å². The molecule has 4 heteroatoms. The van der Waals surface area contributed by atoms with Crippen molar-refractivity contribution in [3.05, 3.63) is 0 Å². The molecule has 112 valence electrons. The van der Waals surface area contributed by atoms with Gasteiger partial charge < -0.3 is 10.2 Å². The summed E-state index contributed by atoms with van der Waals surface area (Å²) in [6.45, 7) is 4.15. The van der Waals surface area contributed by atoms with Crippen molar-refractivity contribution in [3.63, 3.8) is 0 Å². The van der Waals surface area contributed by atoms with Crippen LogP contribution in [-0.2, 0) is 9.59 Å². The second-order valence-electron chi connectivity index (χ2n) is 5.31. The molecule has 0 spiro atoms. The molecular weight excluding hydrogens is 244 g/mol. The Labute approximate surface area is 116 Å². The summed E-state index contributed by atoms with van der Waals surface area (Å²) in [5.41, 5.74) is -1.57. The average Bonchev–Trinajstić information content (AvgIpc) is 2.36. The van der Waals surface area contributed by atoms with Crippen molar-refractivity contribution in [2.24, 2.45) is 5.41 Å². The third-order valence-corrected chi connectivity index (χ3v) is 3.73. The molecule has 0 atom stereocenters. The van der Waals surface area contributed by atoms with Crippen LogP contribution in [0.1, 0.15) is 78.1 Å². The Morgan fingerprint density at radius 2 is 1.11 bits per heavy atom. The lowest BCUT2D eigenvalue weighted by Gasteiger charge is -2.24. The van der Waals surface area contributed by atoms with Gasteiger partial charge in [-0.05, 0) is 12.8 Å². The van der Waals surface area contributed by atoms with E-state index < -0.39 is 17.4 Å². The fraction of sp³-hybridized carbons (Fsp3) is 0.867. The van der Waals surface area contributed by atoms with Gasteiger partial charge in [0.1, 0.15) is 0 Å². The van der Waals surface area contributed by atoms with E-state index in [1.54, 1.807) is 0 Å². The van der Waals surface area contributed by atoms with Crippen molar-refractivity contribution in [2.45, 2.75) is 78.1 Å². The average molecular weight is 272 g/mol. The molecule has 4 nitrogen and oxygen atoms in total. The fourth-order valence-corrected chi connectivity index (χ4v) is 2.35. The molecule has 0 fully saturated rings. The topological polar surface area (TPSA) is 74.6 Å². The second kappa shape index (κ2) is 9.82. The predicted molar refractivity (Wildman–Crippen MR) is 75.2 cm³/mol. The quantitative estimate of drug-likeness (QED) is 0.414. The van der Waals surface area contributed by atoms with Gasteiger partial charge in [-0.25, -0.2) is 0 Å². The van der Waals surface area contributed by atoms with Crippen LogP contribution < -0.4 is 0 Å². The number of carbonyl (C=O) groups is 2. The minimum absolute atomic E-state index is 0.254. The zero-order valence-corrected chi connectivity index (χ0v) is 12.3. The Kier molecular flexibility index (Phi) is 9.27. The molecule has 19 heavy (non-hydrogen) atoms. The van der Waals surface area contributed by atoms with Gasteiger partial charge in [-0.2, -0.15) is 0 Å². The first-order valence-corrected chi connectivity index (χ1v) is 7.48. The molecule has 0 bridgehead atoms. The summed E-state index contributed by atoms with van der Waals surface area (Å²) >= 11 is 0. The summed E-state index contributed by atoms with van der Waals surface area (Å²) < 4.78 is 0. The first kappa shape index (κ1) is 17.9. The standard InChI is InChI=1S/C15H28O4/c1-3-5-7-9-11-15(13(16)17,14(18)19)12-10-8-6-4-2/h3-12H2,1-2H3,(H,16,17)(H,18,19). The molecule has 0 saturated heterocycles. The van der Waals surface area contributed by atoms with Gasteiger partial charge in [0.15, 0.2) is 5.41 Å². The largest absolute Gasteiger partial charge is 0.480 e. The molecule has 0 aliphatic carbocycles. The van der Waals surface area contributed by atoms with E-state index in [0.29, 0.717) is 12.8 Å². The van der Waals surface area contributed by atoms with Crippen LogP contribution in [-0.4, -0.2) is 22.2 Å². The van der Waals surface area contributed by atoms with Gasteiger partial charge in [-0.3, -0.25) is 9.59 Å². The highest BCUT2D eigenvalue weighted by molar-refractivity contribution is 5.98. The van der Waals surface area contributed by atoms with Crippen molar-refractivity contribution in [1.82, 2.24) is 0 Å². The SMILES string of the molecule is CCCCCCC(CCCCCC)(C(=O)O)C(=O)O. The molecule has 0 saturated carbocycles. The number of hydrogen-bond acceptors (Lipinski definition) is 2. The molecule has 0 aliphatic heterocycles. The van der Waals surface area contributed by atoms with E-state index in [1.165, 1.54) is 0 Å². The lowest BCUT2D eigenvalue weighted by molar-refractivity contribution is -0.166. The van der Waals surface area contributed by atoms with Gasteiger partial charge in [0.05, 0.1) is 0 Å². The smallest absolute Gasteiger partial charge is 0.321 e. The third-order valence-electron chi connectivity index (χ3n) is 3.73. The van der Waals surface area contributed by atoms with E-state index in [0.717, 1.165) is 38.5 Å². The van der Waals surface area contributed by atoms with Crippen molar-refractivity contribution >= 4 is 11.9 Å². The molecule has 0 rings (SSSR count). The van der Waals surface area contributed by atoms with Gasteiger partial charge in [-0.15, -0.1) is 0 Å². The number of carboxylic acids is 2. The number of hydrogen-bond donors (Lipinski definition) is 2. The van der Waals surface area contributed by atoms with E-state index in [2.05, 4.69) is 13.8 Å². The minimum Gasteiger partial charge on any atom is -0.480 e. The van der Waals surface area contributed by atoms with E-state index >= 15 is 0 Å². The van der Waals surface area contributed by atoms with Gasteiger partial charge >= 0.3 is 11.9 Å². The van der Waals surface area contributed by atoms with Gasteiger partial charge in [-0.1, -0.05) is 65.2 Å². The van der Waals surface area contributed by atoms with Crippen LogP contribution in [0.15, 0.2) is 0 Å². The summed E-state index contributed by atoms with van der Waals surface area (Å²) in [6.07, 6.45) is 7.87. The van der Waals surface area contributed by atoms with Crippen LogP contribution in [0.3, 0.4) is 0 Å². The van der Waals surface area contributed by atoms with E-state index in [-0.39, 0.29) is 12.8 Å². The lowest BCUT2D eigenvalue weighted by Crippen LogP contribution is -2.39. The van der Waals surface area contributed by atoms with Crippen molar-refractivity contribution < 1.29 is 19.8 Å². The summed E-state index contributed by atoms with van der Waals surface area (Å²) in [5, 5.41) is 18.7. The van der Waals surface area contributed by atoms with Crippen LogP contribution in [0.4, 0.5) is 0 Å². The number of aliphatic carboxylic acids is 2. The van der Waals surface area contributed by atoms with Crippen LogP contribution in [0.2, 0.25) is 0 Å². The van der Waals surface area contributed by atoms with Crippen molar-refractivity contribution in [1.29, 1.82) is 0 Å². The summed E-state index contributed by atoms with van der Waals surface area (Å²) in [4.78, 5) is 22.8. The Morgan fingerprint density at radius 3 is 1.37 bits per heavy atom. The highest BCUT2D eigenvalue weighted by atomic mass is 16.4. The summed E-state index contributed by atoms with van der Waals surface area (Å²) in [5.74, 6) is -2.35. The maximum atomic E-state index is 11.4. The van der Waals surface area contributed by atoms with Gasteiger partial charge in [0, 0.05) is 0 Å². The first-order valence-electron chi connectivity index (χ1n) is 7.48. The zero-order valence-electron chi connectivity index (χ0n) is 12.3. The van der Waals surface area contributed by atoms with Crippen molar-refractivity contribution in [3.8, 4) is 0 Å². The predicted octanol–water partition coefficient (Wildman–Crippen LogP) is 4.08. The van der Waals surface area contributed by atoms with E-state index in [9.17, 15) is 19.8 Å². The minimum atomic E-state index is -1.57. The van der Waals surface area contributed by atoms with Crippen LogP contribution in [0.25, 0.3) is 0 Å². The molecular formula is C15H28O4. The molecule has 0 radical (unpaired) electrons. The third kappa shape index (κ3) is 6.08. The summed E-state index contributed by atoms with van der Waals surface area (Å²) in [7, 11) is 0. The normalized spacial score (nSPS) is 11.5. The molecule has 0 amide bonds. The summed E-state index contributed by atoms with van der Waals surface area (Å²) in [6, 6.07) is 0. The highest BCUT2D eigenvalue weighted by Crippen LogP contribution is 2.32. The molecule has 0 heterocycles. The first-order chi connectivity index (χ1) is 9.01. The van der Waals surface area contributed by atoms with Gasteiger partial charge in [0.25, 0.3) is 0 Å². The molecule has 0 aliphatic rings.